The SMILES string of the molecule is Cc1cc(C)c(C)c(S(=O)(=O)N2CC[NH+](CC(=O)Nc3ccc4c(c3)OC(F)(F)O4)CC2)c1C. The van der Waals surface area contributed by atoms with E-state index in [-0.39, 0.29) is 24.0 Å². The molecule has 0 radical (unpaired) electrons. The summed E-state index contributed by atoms with van der Waals surface area (Å²) in [5.41, 5.74) is 3.72. The second-order valence-electron chi connectivity index (χ2n) is 8.80. The van der Waals surface area contributed by atoms with E-state index in [1.54, 1.807) is 0 Å². The maximum Gasteiger partial charge on any atom is 0.586 e. The van der Waals surface area contributed by atoms with E-state index in [2.05, 4.69) is 14.8 Å². The van der Waals surface area contributed by atoms with Gasteiger partial charge in [-0.25, -0.2) is 8.42 Å². The highest BCUT2D eigenvalue weighted by Gasteiger charge is 2.43. The third-order valence-corrected chi connectivity index (χ3v) is 8.59. The molecule has 0 aliphatic carbocycles. The molecule has 0 unspecified atom stereocenters. The van der Waals surface area contributed by atoms with Crippen molar-refractivity contribution in [2.45, 2.75) is 38.9 Å². The Morgan fingerprint density at radius 1 is 1.03 bits per heavy atom. The van der Waals surface area contributed by atoms with Crippen LogP contribution in [-0.4, -0.2) is 57.6 Å². The fourth-order valence-electron chi connectivity index (χ4n) is 4.38. The molecule has 2 aliphatic heterocycles. The van der Waals surface area contributed by atoms with Gasteiger partial charge in [0.25, 0.3) is 5.91 Å². The van der Waals surface area contributed by atoms with E-state index in [9.17, 15) is 22.0 Å². The number of alkyl halides is 2. The summed E-state index contributed by atoms with van der Waals surface area (Å²) in [5.74, 6) is -0.552. The molecular weight excluding hydrogens is 468 g/mol. The zero-order valence-electron chi connectivity index (χ0n) is 19.5. The Kier molecular flexibility index (Phi) is 6.30. The zero-order chi connectivity index (χ0) is 24.8. The lowest BCUT2D eigenvalue weighted by molar-refractivity contribution is -0.895. The first-order valence-corrected chi connectivity index (χ1v) is 12.4. The van der Waals surface area contributed by atoms with Crippen LogP contribution in [-0.2, 0) is 14.8 Å². The number of piperazine rings is 1. The van der Waals surface area contributed by atoms with Crippen molar-refractivity contribution in [1.82, 2.24) is 4.31 Å². The van der Waals surface area contributed by atoms with E-state index in [4.69, 9.17) is 0 Å². The highest BCUT2D eigenvalue weighted by atomic mass is 32.2. The number of hydrogen-bond acceptors (Lipinski definition) is 5. The van der Waals surface area contributed by atoms with Crippen molar-refractivity contribution in [2.24, 2.45) is 0 Å². The normalized spacial score (nSPS) is 18.2. The second kappa shape index (κ2) is 8.79. The molecule has 2 N–H and O–H groups in total. The fraction of sp³-hybridized carbons (Fsp3) is 0.435. The smallest absolute Gasteiger partial charge is 0.395 e. The van der Waals surface area contributed by atoms with E-state index < -0.39 is 16.3 Å². The molecule has 0 atom stereocenters. The lowest BCUT2D eigenvalue weighted by Gasteiger charge is -2.32. The molecule has 1 saturated heterocycles. The van der Waals surface area contributed by atoms with Gasteiger partial charge >= 0.3 is 6.29 Å². The van der Waals surface area contributed by atoms with Crippen LogP contribution in [0.3, 0.4) is 0 Å². The van der Waals surface area contributed by atoms with Crippen molar-refractivity contribution in [2.75, 3.05) is 38.0 Å². The fourth-order valence-corrected chi connectivity index (χ4v) is 6.39. The Morgan fingerprint density at radius 2 is 1.62 bits per heavy atom. The highest BCUT2D eigenvalue weighted by molar-refractivity contribution is 7.89. The standard InChI is InChI=1S/C23H27F2N3O5S/c1-14-11-15(2)17(4)22(16(14)3)34(30,31)28-9-7-27(8-10-28)13-21(29)26-18-5-6-19-20(12-18)33-23(24,25)32-19/h5-6,11-12H,7-10,13H2,1-4H3,(H,26,29)/p+1. The van der Waals surface area contributed by atoms with Gasteiger partial charge in [0.2, 0.25) is 10.0 Å². The number of halogens is 2. The summed E-state index contributed by atoms with van der Waals surface area (Å²) in [5, 5.41) is 2.67. The number of aryl methyl sites for hydroxylation is 2. The summed E-state index contributed by atoms with van der Waals surface area (Å²) in [6.07, 6.45) is -3.72. The summed E-state index contributed by atoms with van der Waals surface area (Å²) >= 11 is 0. The molecule has 0 bridgehead atoms. The summed E-state index contributed by atoms with van der Waals surface area (Å²) in [4.78, 5) is 13.8. The molecule has 4 rings (SSSR count). The third kappa shape index (κ3) is 4.73. The molecule has 2 aromatic rings. The van der Waals surface area contributed by atoms with Crippen LogP contribution < -0.4 is 19.7 Å². The monoisotopic (exact) mass is 496 g/mol. The zero-order valence-corrected chi connectivity index (χ0v) is 20.3. The van der Waals surface area contributed by atoms with Gasteiger partial charge in [-0.3, -0.25) is 4.79 Å². The van der Waals surface area contributed by atoms with Crippen LogP contribution in [0.25, 0.3) is 0 Å². The third-order valence-electron chi connectivity index (χ3n) is 6.42. The predicted octanol–water partition coefficient (Wildman–Crippen LogP) is 1.77. The first kappa shape index (κ1) is 24.4. The lowest BCUT2D eigenvalue weighted by Crippen LogP contribution is -3.15. The first-order valence-electron chi connectivity index (χ1n) is 11.0. The van der Waals surface area contributed by atoms with Crippen molar-refractivity contribution < 1.29 is 36.4 Å². The van der Waals surface area contributed by atoms with E-state index in [1.807, 2.05) is 33.8 Å². The molecule has 11 heteroatoms. The Hall–Kier alpha value is -2.76. The van der Waals surface area contributed by atoms with Crippen molar-refractivity contribution in [3.8, 4) is 11.5 Å². The van der Waals surface area contributed by atoms with Gasteiger partial charge in [0.05, 0.1) is 31.1 Å². The lowest BCUT2D eigenvalue weighted by atomic mass is 10.0. The number of hydrogen-bond donors (Lipinski definition) is 2. The maximum absolute atomic E-state index is 13.4. The van der Waals surface area contributed by atoms with Crippen LogP contribution in [0.1, 0.15) is 22.3 Å². The van der Waals surface area contributed by atoms with Crippen LogP contribution in [0.2, 0.25) is 0 Å². The van der Waals surface area contributed by atoms with Crippen molar-refractivity contribution in [3.05, 3.63) is 46.5 Å². The molecule has 8 nitrogen and oxygen atoms in total. The molecule has 0 saturated carbocycles. The number of rotatable bonds is 5. The van der Waals surface area contributed by atoms with Gasteiger partial charge in [0, 0.05) is 11.8 Å². The van der Waals surface area contributed by atoms with Crippen molar-refractivity contribution in [1.29, 1.82) is 0 Å². The molecule has 2 heterocycles. The Morgan fingerprint density at radius 3 is 2.24 bits per heavy atom. The Balaban J connectivity index is 1.36. The topological polar surface area (TPSA) is 89.4 Å². The number of nitrogens with zero attached hydrogens (tertiary/aromatic N) is 1. The number of nitrogens with one attached hydrogen (secondary N) is 2. The van der Waals surface area contributed by atoms with Crippen LogP contribution >= 0.6 is 0 Å². The molecule has 0 spiro atoms. The maximum atomic E-state index is 13.4. The van der Waals surface area contributed by atoms with Gasteiger partial charge in [-0.15, -0.1) is 8.78 Å². The Bertz CT molecular complexity index is 1220. The predicted molar refractivity (Wildman–Crippen MR) is 121 cm³/mol. The number of fused-ring (bicyclic) bond motifs is 1. The summed E-state index contributed by atoms with van der Waals surface area (Å²) < 4.78 is 63.4. The summed E-state index contributed by atoms with van der Waals surface area (Å²) in [6, 6.07) is 6.04. The number of amides is 1. The van der Waals surface area contributed by atoms with E-state index in [1.165, 1.54) is 22.5 Å². The second-order valence-corrected chi connectivity index (χ2v) is 10.7. The van der Waals surface area contributed by atoms with Crippen molar-refractivity contribution in [3.63, 3.8) is 0 Å². The molecular formula is C23H28F2N3O5S+. The minimum absolute atomic E-state index is 0.0970. The average Bonchev–Trinajstić information content (AvgIpc) is 3.05. The number of carbonyl (C=O) groups excluding carboxylic acids is 1. The quantitative estimate of drug-likeness (QED) is 0.659. The van der Waals surface area contributed by atoms with E-state index >= 15 is 0 Å². The number of ether oxygens (including phenoxy) is 2. The first-order chi connectivity index (χ1) is 15.9. The van der Waals surface area contributed by atoms with Gasteiger partial charge in [-0.05, 0) is 62.1 Å². The molecule has 184 valence electrons. The molecule has 2 aromatic carbocycles. The largest absolute Gasteiger partial charge is 0.586 e. The van der Waals surface area contributed by atoms with Gasteiger partial charge < -0.3 is 19.7 Å². The van der Waals surface area contributed by atoms with Gasteiger partial charge in [0.1, 0.15) is 0 Å². The van der Waals surface area contributed by atoms with Gasteiger partial charge in [0.15, 0.2) is 18.0 Å². The molecule has 34 heavy (non-hydrogen) atoms. The van der Waals surface area contributed by atoms with E-state index in [0.717, 1.165) is 27.2 Å². The highest BCUT2D eigenvalue weighted by Crippen LogP contribution is 2.42. The molecule has 1 fully saturated rings. The molecule has 1 amide bonds. The average molecular weight is 497 g/mol. The van der Waals surface area contributed by atoms with Crippen LogP contribution in [0.5, 0.6) is 11.5 Å². The van der Waals surface area contributed by atoms with Crippen LogP contribution in [0.4, 0.5) is 14.5 Å². The number of benzene rings is 2. The minimum Gasteiger partial charge on any atom is -0.395 e. The van der Waals surface area contributed by atoms with Crippen LogP contribution in [0, 0.1) is 27.7 Å². The molecule has 0 aromatic heterocycles. The number of quaternary nitrogens is 1. The molecule has 2 aliphatic rings. The van der Waals surface area contributed by atoms with Crippen LogP contribution in [0.15, 0.2) is 29.2 Å². The van der Waals surface area contributed by atoms with Crippen molar-refractivity contribution >= 4 is 21.6 Å². The number of anilines is 1. The van der Waals surface area contributed by atoms with Gasteiger partial charge in [-0.2, -0.15) is 4.31 Å². The van der Waals surface area contributed by atoms with Gasteiger partial charge in [-0.1, -0.05) is 6.07 Å². The number of sulfonamides is 1. The summed E-state index contributed by atoms with van der Waals surface area (Å²) in [7, 11) is -3.65. The van der Waals surface area contributed by atoms with E-state index in [0.29, 0.717) is 36.8 Å². The minimum atomic E-state index is -3.72. The summed E-state index contributed by atoms with van der Waals surface area (Å²) in [6.45, 7) is 9.16. The number of carbonyl (C=O) groups is 1. The Labute approximate surface area is 197 Å².